The normalized spacial score (nSPS) is 22.2. The molecule has 1 amide bonds. The number of para-hydroxylation sites is 1. The lowest BCUT2D eigenvalue weighted by atomic mass is 9.87. The summed E-state index contributed by atoms with van der Waals surface area (Å²) in [5, 5.41) is 23.4. The minimum absolute atomic E-state index is 0.0440. The van der Waals surface area contributed by atoms with Gasteiger partial charge in [0.05, 0.1) is 10.5 Å². The summed E-state index contributed by atoms with van der Waals surface area (Å²) >= 11 is 0. The largest absolute Gasteiger partial charge is 0.502 e. The second kappa shape index (κ2) is 5.90. The zero-order chi connectivity index (χ0) is 14.7. The van der Waals surface area contributed by atoms with Gasteiger partial charge in [0, 0.05) is 12.1 Å². The Kier molecular flexibility index (Phi) is 4.22. The number of amides is 1. The summed E-state index contributed by atoms with van der Waals surface area (Å²) in [6.07, 6.45) is 4.04. The van der Waals surface area contributed by atoms with Crippen LogP contribution in [0.2, 0.25) is 0 Å². The average molecular weight is 278 g/mol. The smallest absolute Gasteiger partial charge is 0.311 e. The van der Waals surface area contributed by atoms with Gasteiger partial charge in [0.25, 0.3) is 5.91 Å². The van der Waals surface area contributed by atoms with Gasteiger partial charge in [-0.2, -0.15) is 0 Å². The highest BCUT2D eigenvalue weighted by atomic mass is 16.6. The molecule has 1 fully saturated rings. The number of benzene rings is 1. The molecule has 108 valence electrons. The van der Waals surface area contributed by atoms with Gasteiger partial charge in [-0.05, 0) is 24.8 Å². The highest BCUT2D eigenvalue weighted by molar-refractivity contribution is 5.98. The van der Waals surface area contributed by atoms with Gasteiger partial charge >= 0.3 is 5.69 Å². The molecule has 2 atom stereocenters. The molecule has 1 aromatic rings. The van der Waals surface area contributed by atoms with Crippen LogP contribution in [0.3, 0.4) is 0 Å². The van der Waals surface area contributed by atoms with Crippen molar-refractivity contribution in [1.29, 1.82) is 0 Å². The lowest BCUT2D eigenvalue weighted by Crippen LogP contribution is -2.38. The maximum Gasteiger partial charge on any atom is 0.311 e. The number of nitrogens with one attached hydrogen (secondary N) is 1. The Bertz CT molecular complexity index is 530. The number of aromatic hydroxyl groups is 1. The predicted octanol–water partition coefficient (Wildman–Crippen LogP) is 2.61. The van der Waals surface area contributed by atoms with E-state index in [1.807, 2.05) is 0 Å². The highest BCUT2D eigenvalue weighted by Crippen LogP contribution is 2.30. The second-order valence-electron chi connectivity index (χ2n) is 5.37. The summed E-state index contributed by atoms with van der Waals surface area (Å²) in [4.78, 5) is 22.2. The fourth-order valence-electron chi connectivity index (χ4n) is 2.69. The number of nitro benzene ring substituents is 1. The number of nitro groups is 1. The van der Waals surface area contributed by atoms with E-state index in [1.165, 1.54) is 18.2 Å². The third-order valence-electron chi connectivity index (χ3n) is 3.73. The van der Waals surface area contributed by atoms with E-state index >= 15 is 0 Å². The molecule has 2 N–H and O–H groups in total. The molecule has 1 saturated carbocycles. The molecular weight excluding hydrogens is 260 g/mol. The number of carbonyl (C=O) groups is 1. The van der Waals surface area contributed by atoms with Crippen LogP contribution in [0.5, 0.6) is 5.75 Å². The van der Waals surface area contributed by atoms with E-state index in [0.29, 0.717) is 5.92 Å². The molecule has 0 bridgehead atoms. The fourth-order valence-corrected chi connectivity index (χ4v) is 2.69. The van der Waals surface area contributed by atoms with E-state index in [2.05, 4.69) is 12.2 Å². The Hall–Kier alpha value is -2.11. The molecule has 2 unspecified atom stereocenters. The summed E-state index contributed by atoms with van der Waals surface area (Å²) in [6, 6.07) is 4.04. The van der Waals surface area contributed by atoms with Crippen LogP contribution in [-0.2, 0) is 0 Å². The van der Waals surface area contributed by atoms with Crippen molar-refractivity contribution < 1.29 is 14.8 Å². The third kappa shape index (κ3) is 3.07. The molecule has 2 rings (SSSR count). The standard InChI is InChI=1S/C14H18N2O4/c1-9-4-2-5-10(8-9)15-14(18)11-6-3-7-12(13(11)17)16(19)20/h3,6-7,9-10,17H,2,4-5,8H2,1H3,(H,15,18). The van der Waals surface area contributed by atoms with Crippen molar-refractivity contribution in [3.63, 3.8) is 0 Å². The van der Waals surface area contributed by atoms with Crippen molar-refractivity contribution in [3.05, 3.63) is 33.9 Å². The van der Waals surface area contributed by atoms with Crippen LogP contribution in [0.15, 0.2) is 18.2 Å². The topological polar surface area (TPSA) is 92.5 Å². The van der Waals surface area contributed by atoms with Crippen LogP contribution >= 0.6 is 0 Å². The molecule has 0 saturated heterocycles. The number of nitrogens with zero attached hydrogens (tertiary/aromatic N) is 1. The van der Waals surface area contributed by atoms with Crippen molar-refractivity contribution in [3.8, 4) is 5.75 Å². The van der Waals surface area contributed by atoms with E-state index in [4.69, 9.17) is 0 Å². The molecule has 6 nitrogen and oxygen atoms in total. The van der Waals surface area contributed by atoms with Gasteiger partial charge < -0.3 is 10.4 Å². The Morgan fingerprint density at radius 3 is 2.85 bits per heavy atom. The summed E-state index contributed by atoms with van der Waals surface area (Å²) < 4.78 is 0. The molecule has 0 heterocycles. The average Bonchev–Trinajstić information content (AvgIpc) is 2.38. The van der Waals surface area contributed by atoms with Crippen LogP contribution in [0.1, 0.15) is 43.0 Å². The zero-order valence-electron chi connectivity index (χ0n) is 11.3. The van der Waals surface area contributed by atoms with E-state index in [0.717, 1.165) is 25.7 Å². The summed E-state index contributed by atoms with van der Waals surface area (Å²) in [5.41, 5.74) is -0.493. The van der Waals surface area contributed by atoms with Crippen LogP contribution in [0, 0.1) is 16.0 Å². The maximum absolute atomic E-state index is 12.1. The molecule has 6 heteroatoms. The molecule has 0 aliphatic heterocycles. The van der Waals surface area contributed by atoms with E-state index in [9.17, 15) is 20.0 Å². The monoisotopic (exact) mass is 278 g/mol. The van der Waals surface area contributed by atoms with Crippen LogP contribution in [0.4, 0.5) is 5.69 Å². The van der Waals surface area contributed by atoms with Crippen molar-refractivity contribution in [2.24, 2.45) is 5.92 Å². The van der Waals surface area contributed by atoms with Crippen molar-refractivity contribution in [2.75, 3.05) is 0 Å². The fraction of sp³-hybridized carbons (Fsp3) is 0.500. The van der Waals surface area contributed by atoms with Gasteiger partial charge in [-0.3, -0.25) is 14.9 Å². The first-order valence-corrected chi connectivity index (χ1v) is 6.76. The Balaban J connectivity index is 2.13. The van der Waals surface area contributed by atoms with Crippen molar-refractivity contribution >= 4 is 11.6 Å². The van der Waals surface area contributed by atoms with Gasteiger partial charge in [0.15, 0.2) is 0 Å². The lowest BCUT2D eigenvalue weighted by Gasteiger charge is -2.27. The maximum atomic E-state index is 12.1. The van der Waals surface area contributed by atoms with Gasteiger partial charge in [-0.1, -0.05) is 25.8 Å². The van der Waals surface area contributed by atoms with Gasteiger partial charge in [0.1, 0.15) is 0 Å². The Morgan fingerprint density at radius 2 is 2.20 bits per heavy atom. The Labute approximate surface area is 117 Å². The molecule has 20 heavy (non-hydrogen) atoms. The first-order valence-electron chi connectivity index (χ1n) is 6.76. The van der Waals surface area contributed by atoms with Crippen molar-refractivity contribution in [2.45, 2.75) is 38.6 Å². The number of hydrogen-bond donors (Lipinski definition) is 2. The number of rotatable bonds is 3. The molecule has 1 aliphatic carbocycles. The van der Waals surface area contributed by atoms with Gasteiger partial charge in [0.2, 0.25) is 5.75 Å². The first-order chi connectivity index (χ1) is 9.49. The van der Waals surface area contributed by atoms with Gasteiger partial charge in [-0.15, -0.1) is 0 Å². The van der Waals surface area contributed by atoms with E-state index in [1.54, 1.807) is 0 Å². The number of hydrogen-bond acceptors (Lipinski definition) is 4. The summed E-state index contributed by atoms with van der Waals surface area (Å²) in [7, 11) is 0. The van der Waals surface area contributed by atoms with Gasteiger partial charge in [-0.25, -0.2) is 0 Å². The lowest BCUT2D eigenvalue weighted by molar-refractivity contribution is -0.385. The van der Waals surface area contributed by atoms with Crippen LogP contribution < -0.4 is 5.32 Å². The quantitative estimate of drug-likeness (QED) is 0.656. The molecule has 0 aromatic heterocycles. The summed E-state index contributed by atoms with van der Waals surface area (Å²) in [6.45, 7) is 2.14. The van der Waals surface area contributed by atoms with Crippen molar-refractivity contribution in [1.82, 2.24) is 5.32 Å². The van der Waals surface area contributed by atoms with Crippen LogP contribution in [-0.4, -0.2) is 22.0 Å². The number of phenolic OH excluding ortho intramolecular Hbond substituents is 1. The van der Waals surface area contributed by atoms with E-state index < -0.39 is 22.3 Å². The minimum Gasteiger partial charge on any atom is -0.502 e. The predicted molar refractivity (Wildman–Crippen MR) is 73.6 cm³/mol. The SMILES string of the molecule is CC1CCCC(NC(=O)c2cccc([N+](=O)[O-])c2O)C1. The molecule has 1 aromatic carbocycles. The minimum atomic E-state index is -0.700. The molecular formula is C14H18N2O4. The van der Waals surface area contributed by atoms with Crippen LogP contribution in [0.25, 0.3) is 0 Å². The number of phenols is 1. The third-order valence-corrected chi connectivity index (χ3v) is 3.73. The zero-order valence-corrected chi connectivity index (χ0v) is 11.3. The molecule has 1 aliphatic rings. The molecule has 0 radical (unpaired) electrons. The first kappa shape index (κ1) is 14.3. The molecule has 0 spiro atoms. The second-order valence-corrected chi connectivity index (χ2v) is 5.37. The Morgan fingerprint density at radius 1 is 1.45 bits per heavy atom. The highest BCUT2D eigenvalue weighted by Gasteiger charge is 2.24. The summed E-state index contributed by atoms with van der Waals surface area (Å²) in [5.74, 6) is -0.461. The van der Waals surface area contributed by atoms with E-state index in [-0.39, 0.29) is 11.6 Å². The number of carbonyl (C=O) groups excluding carboxylic acids is 1.